The number of carbonyl (C=O) groups excluding carboxylic acids is 1. The highest BCUT2D eigenvalue weighted by molar-refractivity contribution is 6.31. The van der Waals surface area contributed by atoms with Gasteiger partial charge in [-0.25, -0.2) is 4.79 Å². The lowest BCUT2D eigenvalue weighted by molar-refractivity contribution is -0.121. The number of oxazole rings is 1. The summed E-state index contributed by atoms with van der Waals surface area (Å²) in [5.41, 5.74) is 3.39. The fraction of sp³-hybridized carbons (Fsp3) is 0.300. The van der Waals surface area contributed by atoms with Crippen molar-refractivity contribution in [3.8, 4) is 0 Å². The highest BCUT2D eigenvalue weighted by atomic mass is 35.5. The van der Waals surface area contributed by atoms with E-state index < -0.39 is 5.76 Å². The van der Waals surface area contributed by atoms with Gasteiger partial charge in [0.2, 0.25) is 5.91 Å². The van der Waals surface area contributed by atoms with Crippen molar-refractivity contribution in [2.24, 2.45) is 0 Å². The molecule has 0 aliphatic heterocycles. The molecule has 136 valence electrons. The van der Waals surface area contributed by atoms with Crippen LogP contribution in [0.2, 0.25) is 5.02 Å². The maximum absolute atomic E-state index is 12.2. The first-order valence-electron chi connectivity index (χ1n) is 8.58. The van der Waals surface area contributed by atoms with Crippen LogP contribution in [-0.2, 0) is 17.8 Å². The number of hydrogen-bond acceptors (Lipinski definition) is 3. The van der Waals surface area contributed by atoms with Gasteiger partial charge in [-0.3, -0.25) is 9.36 Å². The van der Waals surface area contributed by atoms with E-state index in [1.165, 1.54) is 10.1 Å². The van der Waals surface area contributed by atoms with E-state index in [4.69, 9.17) is 16.0 Å². The Morgan fingerprint density at radius 2 is 1.92 bits per heavy atom. The summed E-state index contributed by atoms with van der Waals surface area (Å²) in [7, 11) is 0. The van der Waals surface area contributed by atoms with Crippen LogP contribution in [0.15, 0.2) is 51.7 Å². The molecule has 5 nitrogen and oxygen atoms in total. The summed E-state index contributed by atoms with van der Waals surface area (Å²) in [6.07, 6.45) is 0.737. The molecule has 1 aromatic heterocycles. The van der Waals surface area contributed by atoms with E-state index in [1.807, 2.05) is 0 Å². The van der Waals surface area contributed by atoms with Crippen molar-refractivity contribution in [2.45, 2.75) is 32.7 Å². The second kappa shape index (κ2) is 7.79. The Kier molecular flexibility index (Phi) is 5.47. The van der Waals surface area contributed by atoms with Crippen LogP contribution in [0.4, 0.5) is 0 Å². The fourth-order valence-electron chi connectivity index (χ4n) is 2.80. The van der Waals surface area contributed by atoms with Crippen molar-refractivity contribution < 1.29 is 9.21 Å². The molecular formula is C20H21ClN2O3. The molecule has 0 unspecified atom stereocenters. The number of nitrogens with zero attached hydrogens (tertiary/aromatic N) is 1. The van der Waals surface area contributed by atoms with Crippen LogP contribution in [0, 0.1) is 0 Å². The van der Waals surface area contributed by atoms with Gasteiger partial charge in [-0.2, -0.15) is 0 Å². The zero-order valence-electron chi connectivity index (χ0n) is 14.8. The third kappa shape index (κ3) is 4.17. The first kappa shape index (κ1) is 18.3. The largest absolute Gasteiger partial charge is 0.420 e. The number of hydrogen-bond donors (Lipinski definition) is 1. The highest BCUT2D eigenvalue weighted by Crippen LogP contribution is 2.18. The second-order valence-corrected chi connectivity index (χ2v) is 7.00. The minimum atomic E-state index is -0.568. The molecule has 0 saturated carbocycles. The molecule has 1 amide bonds. The number of fused-ring (bicyclic) bond motifs is 1. The molecule has 3 aromatic rings. The lowest BCUT2D eigenvalue weighted by atomic mass is 10.0. The maximum atomic E-state index is 12.2. The molecule has 0 bridgehead atoms. The Balaban J connectivity index is 1.58. The molecule has 0 atom stereocenters. The Labute approximate surface area is 156 Å². The van der Waals surface area contributed by atoms with E-state index in [0.717, 1.165) is 12.0 Å². The summed E-state index contributed by atoms with van der Waals surface area (Å²) in [5.74, 6) is -0.299. The molecular weight excluding hydrogens is 352 g/mol. The quantitative estimate of drug-likeness (QED) is 0.717. The van der Waals surface area contributed by atoms with Gasteiger partial charge in [0, 0.05) is 17.6 Å². The minimum absolute atomic E-state index is 0.0836. The maximum Gasteiger partial charge on any atom is 0.420 e. The molecule has 0 aliphatic rings. The summed E-state index contributed by atoms with van der Waals surface area (Å²) in [6.45, 7) is 4.74. The number of halogens is 1. The molecule has 26 heavy (non-hydrogen) atoms. The molecule has 1 heterocycles. The molecule has 0 saturated heterocycles. The van der Waals surface area contributed by atoms with Gasteiger partial charge in [0.05, 0.1) is 5.52 Å². The smallest absolute Gasteiger partial charge is 0.408 e. The van der Waals surface area contributed by atoms with Gasteiger partial charge in [-0.15, -0.1) is 0 Å². The van der Waals surface area contributed by atoms with Crippen molar-refractivity contribution in [1.29, 1.82) is 0 Å². The average Bonchev–Trinajstić information content (AvgIpc) is 2.90. The Bertz CT molecular complexity index is 971. The van der Waals surface area contributed by atoms with Crippen LogP contribution in [0.1, 0.15) is 30.9 Å². The minimum Gasteiger partial charge on any atom is -0.408 e. The topological polar surface area (TPSA) is 64.2 Å². The molecule has 3 rings (SSSR count). The summed E-state index contributed by atoms with van der Waals surface area (Å²) >= 11 is 5.89. The first-order valence-corrected chi connectivity index (χ1v) is 8.96. The second-order valence-electron chi connectivity index (χ2n) is 6.56. The monoisotopic (exact) mass is 372 g/mol. The molecule has 0 radical (unpaired) electrons. The molecule has 0 aliphatic carbocycles. The van der Waals surface area contributed by atoms with Crippen molar-refractivity contribution in [3.05, 3.63) is 69.2 Å². The van der Waals surface area contributed by atoms with Gasteiger partial charge < -0.3 is 9.73 Å². The van der Waals surface area contributed by atoms with E-state index in [1.54, 1.807) is 18.2 Å². The van der Waals surface area contributed by atoms with Crippen molar-refractivity contribution >= 4 is 28.6 Å². The van der Waals surface area contributed by atoms with Gasteiger partial charge >= 0.3 is 5.76 Å². The van der Waals surface area contributed by atoms with Crippen LogP contribution in [0.25, 0.3) is 11.1 Å². The first-order chi connectivity index (χ1) is 12.4. The van der Waals surface area contributed by atoms with Crippen LogP contribution in [0.3, 0.4) is 0 Å². The van der Waals surface area contributed by atoms with E-state index in [-0.39, 0.29) is 12.5 Å². The van der Waals surface area contributed by atoms with E-state index in [2.05, 4.69) is 43.4 Å². The predicted molar refractivity (Wildman–Crippen MR) is 103 cm³/mol. The number of aromatic nitrogens is 1. The Morgan fingerprint density at radius 3 is 2.62 bits per heavy atom. The normalized spacial score (nSPS) is 11.2. The van der Waals surface area contributed by atoms with Crippen molar-refractivity contribution in [2.75, 3.05) is 6.54 Å². The van der Waals surface area contributed by atoms with Crippen LogP contribution in [0.5, 0.6) is 0 Å². The number of carbonyl (C=O) groups is 1. The standard InChI is InChI=1S/C20H21ClN2O3/c1-13(2)15-5-3-14(4-6-15)9-10-22-19(24)12-23-17-8-7-16(21)11-18(17)26-20(23)25/h3-8,11,13H,9-10,12H2,1-2H3,(H,22,24). The summed E-state index contributed by atoms with van der Waals surface area (Å²) in [4.78, 5) is 24.1. The lowest BCUT2D eigenvalue weighted by Crippen LogP contribution is -2.32. The van der Waals surface area contributed by atoms with Gasteiger partial charge in [-0.1, -0.05) is 49.7 Å². The van der Waals surface area contributed by atoms with Crippen molar-refractivity contribution in [3.63, 3.8) is 0 Å². The van der Waals surface area contributed by atoms with Gasteiger partial charge in [0.1, 0.15) is 6.54 Å². The van der Waals surface area contributed by atoms with E-state index in [0.29, 0.717) is 28.6 Å². The lowest BCUT2D eigenvalue weighted by Gasteiger charge is -2.08. The van der Waals surface area contributed by atoms with Gasteiger partial charge in [0.25, 0.3) is 0 Å². The molecule has 0 spiro atoms. The third-order valence-corrected chi connectivity index (χ3v) is 4.55. The molecule has 2 aromatic carbocycles. The summed E-state index contributed by atoms with van der Waals surface area (Å²) < 4.78 is 6.43. The van der Waals surface area contributed by atoms with E-state index in [9.17, 15) is 9.59 Å². The van der Waals surface area contributed by atoms with Crippen LogP contribution < -0.4 is 11.1 Å². The number of rotatable bonds is 6. The SMILES string of the molecule is CC(C)c1ccc(CCNC(=O)Cn2c(=O)oc3cc(Cl)ccc32)cc1. The fourth-order valence-corrected chi connectivity index (χ4v) is 2.97. The van der Waals surface area contributed by atoms with Gasteiger partial charge in [0.15, 0.2) is 5.58 Å². The summed E-state index contributed by atoms with van der Waals surface area (Å²) in [5, 5.41) is 3.32. The number of benzene rings is 2. The van der Waals surface area contributed by atoms with E-state index >= 15 is 0 Å². The molecule has 0 fully saturated rings. The Morgan fingerprint density at radius 1 is 1.19 bits per heavy atom. The average molecular weight is 373 g/mol. The van der Waals surface area contributed by atoms with Gasteiger partial charge in [-0.05, 0) is 35.6 Å². The van der Waals surface area contributed by atoms with Crippen molar-refractivity contribution in [1.82, 2.24) is 9.88 Å². The third-order valence-electron chi connectivity index (χ3n) is 4.31. The van der Waals surface area contributed by atoms with Crippen LogP contribution in [-0.4, -0.2) is 17.0 Å². The van der Waals surface area contributed by atoms with Crippen LogP contribution >= 0.6 is 11.6 Å². The zero-order chi connectivity index (χ0) is 18.7. The number of nitrogens with one attached hydrogen (secondary N) is 1. The zero-order valence-corrected chi connectivity index (χ0v) is 15.5. The number of amides is 1. The summed E-state index contributed by atoms with van der Waals surface area (Å²) in [6, 6.07) is 13.3. The highest BCUT2D eigenvalue weighted by Gasteiger charge is 2.12. The molecule has 6 heteroatoms. The predicted octanol–water partition coefficient (Wildman–Crippen LogP) is 3.73. The molecule has 1 N–H and O–H groups in total. The Hall–Kier alpha value is -2.53.